The minimum absolute atomic E-state index is 0.0250. The molecule has 1 unspecified atom stereocenters. The number of carbonyl (C=O) groups is 1. The van der Waals surface area contributed by atoms with Crippen LogP contribution in [0.4, 0.5) is 0 Å². The molecule has 0 fully saturated rings. The molecular formula is C10H13BrN2O4S. The molecule has 1 N–H and O–H groups in total. The second-order valence-corrected chi connectivity index (χ2v) is 6.82. The highest BCUT2D eigenvalue weighted by atomic mass is 79.9. The average molecular weight is 337 g/mol. The van der Waals surface area contributed by atoms with Crippen molar-refractivity contribution in [1.29, 1.82) is 0 Å². The van der Waals surface area contributed by atoms with E-state index in [1.54, 1.807) is 0 Å². The second-order valence-electron chi connectivity index (χ2n) is 3.86. The van der Waals surface area contributed by atoms with Crippen LogP contribution in [0.5, 0.6) is 0 Å². The van der Waals surface area contributed by atoms with Gasteiger partial charge < -0.3 is 5.11 Å². The lowest BCUT2D eigenvalue weighted by atomic mass is 10.2. The van der Waals surface area contributed by atoms with E-state index in [9.17, 15) is 13.2 Å². The van der Waals surface area contributed by atoms with E-state index in [2.05, 4.69) is 20.9 Å². The van der Waals surface area contributed by atoms with E-state index < -0.39 is 21.9 Å². The van der Waals surface area contributed by atoms with Crippen molar-refractivity contribution in [3.63, 3.8) is 0 Å². The second kappa shape index (κ2) is 5.77. The minimum atomic E-state index is -3.71. The van der Waals surface area contributed by atoms with Crippen molar-refractivity contribution in [3.05, 3.63) is 22.9 Å². The van der Waals surface area contributed by atoms with Crippen molar-refractivity contribution in [1.82, 2.24) is 9.29 Å². The number of halogens is 1. The van der Waals surface area contributed by atoms with Gasteiger partial charge in [-0.15, -0.1) is 0 Å². The van der Waals surface area contributed by atoms with Crippen molar-refractivity contribution in [2.45, 2.75) is 11.8 Å². The molecule has 1 heterocycles. The highest BCUT2D eigenvalue weighted by Crippen LogP contribution is 2.18. The lowest BCUT2D eigenvalue weighted by Crippen LogP contribution is -2.33. The molecule has 0 aliphatic rings. The largest absolute Gasteiger partial charge is 0.481 e. The van der Waals surface area contributed by atoms with Crippen LogP contribution in [-0.2, 0) is 14.8 Å². The number of hydrogen-bond donors (Lipinski definition) is 1. The molecule has 8 heteroatoms. The van der Waals surface area contributed by atoms with Gasteiger partial charge in [0.15, 0.2) is 0 Å². The summed E-state index contributed by atoms with van der Waals surface area (Å²) in [5.41, 5.74) is 0. The zero-order chi connectivity index (χ0) is 13.9. The van der Waals surface area contributed by atoms with Gasteiger partial charge in [-0.05, 0) is 22.0 Å². The van der Waals surface area contributed by atoms with E-state index in [-0.39, 0.29) is 11.4 Å². The van der Waals surface area contributed by atoms with Crippen LogP contribution in [0.25, 0.3) is 0 Å². The topological polar surface area (TPSA) is 87.6 Å². The fraction of sp³-hybridized carbons (Fsp3) is 0.400. The summed E-state index contributed by atoms with van der Waals surface area (Å²) in [4.78, 5) is 14.5. The summed E-state index contributed by atoms with van der Waals surface area (Å²) in [6, 6.07) is 1.42. The third-order valence-corrected chi connectivity index (χ3v) is 4.56. The summed E-state index contributed by atoms with van der Waals surface area (Å²) in [6.07, 6.45) is 2.70. The Balaban J connectivity index is 2.97. The number of aliphatic carboxylic acids is 1. The first-order valence-corrected chi connectivity index (χ1v) is 7.28. The molecule has 0 aromatic carbocycles. The number of hydrogen-bond acceptors (Lipinski definition) is 4. The van der Waals surface area contributed by atoms with E-state index in [0.29, 0.717) is 4.47 Å². The third-order valence-electron chi connectivity index (χ3n) is 2.34. The smallest absolute Gasteiger partial charge is 0.307 e. The van der Waals surface area contributed by atoms with Gasteiger partial charge in [-0.3, -0.25) is 9.78 Å². The van der Waals surface area contributed by atoms with Gasteiger partial charge >= 0.3 is 5.97 Å². The van der Waals surface area contributed by atoms with Crippen LogP contribution in [0.2, 0.25) is 0 Å². The van der Waals surface area contributed by atoms with Gasteiger partial charge in [-0.1, -0.05) is 6.92 Å². The first-order valence-electron chi connectivity index (χ1n) is 5.05. The monoisotopic (exact) mass is 336 g/mol. The molecule has 6 nitrogen and oxygen atoms in total. The van der Waals surface area contributed by atoms with Crippen molar-refractivity contribution >= 4 is 31.9 Å². The summed E-state index contributed by atoms with van der Waals surface area (Å²) in [6.45, 7) is 1.36. The van der Waals surface area contributed by atoms with E-state index in [1.807, 2.05) is 0 Å². The number of sulfonamides is 1. The molecule has 1 atom stereocenters. The Morgan fingerprint density at radius 3 is 2.67 bits per heavy atom. The molecular weight excluding hydrogens is 324 g/mol. The first-order chi connectivity index (χ1) is 8.25. The average Bonchev–Trinajstić information content (AvgIpc) is 2.28. The summed E-state index contributed by atoms with van der Waals surface area (Å²) < 4.78 is 25.8. The molecule has 0 radical (unpaired) electrons. The van der Waals surface area contributed by atoms with E-state index in [1.165, 1.54) is 32.4 Å². The Morgan fingerprint density at radius 2 is 2.17 bits per heavy atom. The summed E-state index contributed by atoms with van der Waals surface area (Å²) >= 11 is 3.14. The fourth-order valence-electron chi connectivity index (χ4n) is 1.28. The number of nitrogens with zero attached hydrogens (tertiary/aromatic N) is 2. The molecule has 18 heavy (non-hydrogen) atoms. The summed E-state index contributed by atoms with van der Waals surface area (Å²) in [5, 5.41) is 8.77. The van der Waals surface area contributed by atoms with Gasteiger partial charge in [0.2, 0.25) is 10.0 Å². The van der Waals surface area contributed by atoms with Crippen LogP contribution in [0.15, 0.2) is 27.8 Å². The molecule has 0 spiro atoms. The van der Waals surface area contributed by atoms with Crippen LogP contribution in [0.1, 0.15) is 6.92 Å². The standard InChI is InChI=1S/C10H13BrN2O4S/c1-7(10(14)15)6-13(2)18(16,17)9-3-8(11)4-12-5-9/h3-5,7H,6H2,1-2H3,(H,14,15). The van der Waals surface area contributed by atoms with Crippen LogP contribution in [0.3, 0.4) is 0 Å². The maximum Gasteiger partial charge on any atom is 0.307 e. The van der Waals surface area contributed by atoms with Gasteiger partial charge in [0.1, 0.15) is 4.90 Å². The lowest BCUT2D eigenvalue weighted by Gasteiger charge is -2.19. The van der Waals surface area contributed by atoms with Crippen LogP contribution in [-0.4, -0.2) is 42.4 Å². The van der Waals surface area contributed by atoms with Crippen LogP contribution in [0, 0.1) is 5.92 Å². The highest BCUT2D eigenvalue weighted by Gasteiger charge is 2.25. The number of aromatic nitrogens is 1. The quantitative estimate of drug-likeness (QED) is 0.872. The molecule has 0 aliphatic carbocycles. The Labute approximate surface area is 114 Å². The predicted molar refractivity (Wildman–Crippen MR) is 68.6 cm³/mol. The molecule has 1 rings (SSSR count). The predicted octanol–water partition coefficient (Wildman–Crippen LogP) is 1.19. The maximum absolute atomic E-state index is 12.1. The van der Waals surface area contributed by atoms with Gasteiger partial charge in [-0.2, -0.15) is 0 Å². The molecule has 0 amide bonds. The maximum atomic E-state index is 12.1. The fourth-order valence-corrected chi connectivity index (χ4v) is 3.04. The van der Waals surface area contributed by atoms with Crippen LogP contribution >= 0.6 is 15.9 Å². The number of carboxylic acid groups (broad SMARTS) is 1. The number of rotatable bonds is 5. The van der Waals surface area contributed by atoms with E-state index >= 15 is 0 Å². The SMILES string of the molecule is CC(CN(C)S(=O)(=O)c1cncc(Br)c1)C(=O)O. The molecule has 0 aliphatic heterocycles. The number of pyridine rings is 1. The van der Waals surface area contributed by atoms with Crippen molar-refractivity contribution in [2.75, 3.05) is 13.6 Å². The van der Waals surface area contributed by atoms with Gasteiger partial charge in [0.25, 0.3) is 0 Å². The zero-order valence-electron chi connectivity index (χ0n) is 9.87. The molecule has 100 valence electrons. The Hall–Kier alpha value is -0.990. The zero-order valence-corrected chi connectivity index (χ0v) is 12.3. The molecule has 0 bridgehead atoms. The van der Waals surface area contributed by atoms with E-state index in [4.69, 9.17) is 5.11 Å². The van der Waals surface area contributed by atoms with Gasteiger partial charge in [-0.25, -0.2) is 12.7 Å². The molecule has 0 saturated carbocycles. The summed E-state index contributed by atoms with van der Waals surface area (Å²) in [7, 11) is -2.37. The van der Waals surface area contributed by atoms with Crippen LogP contribution < -0.4 is 0 Å². The van der Waals surface area contributed by atoms with Crippen molar-refractivity contribution in [2.24, 2.45) is 5.92 Å². The lowest BCUT2D eigenvalue weighted by molar-refractivity contribution is -0.141. The first kappa shape index (κ1) is 15.1. The minimum Gasteiger partial charge on any atom is -0.481 e. The normalized spacial score (nSPS) is 13.6. The Morgan fingerprint density at radius 1 is 1.56 bits per heavy atom. The van der Waals surface area contributed by atoms with Gasteiger partial charge in [0, 0.05) is 30.5 Å². The third kappa shape index (κ3) is 3.50. The molecule has 0 saturated heterocycles. The van der Waals surface area contributed by atoms with E-state index in [0.717, 1.165) is 4.31 Å². The highest BCUT2D eigenvalue weighted by molar-refractivity contribution is 9.10. The Bertz CT molecular complexity index is 547. The Kier molecular flexibility index (Phi) is 4.83. The summed E-state index contributed by atoms with van der Waals surface area (Å²) in [5.74, 6) is -1.81. The number of carboxylic acids is 1. The van der Waals surface area contributed by atoms with Gasteiger partial charge in [0.05, 0.1) is 5.92 Å². The molecule has 1 aromatic rings. The van der Waals surface area contributed by atoms with Crippen molar-refractivity contribution < 1.29 is 18.3 Å². The molecule has 1 aromatic heterocycles. The van der Waals surface area contributed by atoms with Crippen molar-refractivity contribution in [3.8, 4) is 0 Å².